The molecule has 1 aliphatic heterocycles. The molecule has 0 atom stereocenters. The summed E-state index contributed by atoms with van der Waals surface area (Å²) in [5.74, 6) is 1.80. The summed E-state index contributed by atoms with van der Waals surface area (Å²) < 4.78 is 11.0. The zero-order chi connectivity index (χ0) is 10.5. The van der Waals surface area contributed by atoms with E-state index in [0.29, 0.717) is 13.3 Å². The molecule has 15 heavy (non-hydrogen) atoms. The van der Waals surface area contributed by atoms with Crippen LogP contribution in [0.2, 0.25) is 0 Å². The molecule has 3 nitrogen and oxygen atoms in total. The van der Waals surface area contributed by atoms with E-state index in [1.54, 1.807) is 0 Å². The molecule has 0 aromatic heterocycles. The van der Waals surface area contributed by atoms with E-state index >= 15 is 0 Å². The van der Waals surface area contributed by atoms with Gasteiger partial charge in [-0.3, -0.25) is 0 Å². The highest BCUT2D eigenvalue weighted by Crippen LogP contribution is 2.53. The summed E-state index contributed by atoms with van der Waals surface area (Å²) in [6, 6.07) is 4.21. The van der Waals surface area contributed by atoms with E-state index in [4.69, 9.17) is 15.2 Å². The Morgan fingerprint density at radius 2 is 2.13 bits per heavy atom. The van der Waals surface area contributed by atoms with Gasteiger partial charge in [0, 0.05) is 17.5 Å². The first-order valence-corrected chi connectivity index (χ1v) is 5.36. The van der Waals surface area contributed by atoms with Gasteiger partial charge in [0.05, 0.1) is 0 Å². The fraction of sp³-hybridized carbons (Fsp3) is 0.500. The smallest absolute Gasteiger partial charge is 0.231 e. The van der Waals surface area contributed by atoms with Crippen LogP contribution in [0.1, 0.15) is 24.0 Å². The first kappa shape index (κ1) is 9.04. The second-order valence-corrected chi connectivity index (χ2v) is 4.53. The van der Waals surface area contributed by atoms with Crippen molar-refractivity contribution in [2.45, 2.75) is 25.2 Å². The van der Waals surface area contributed by atoms with Gasteiger partial charge in [-0.25, -0.2) is 0 Å². The fourth-order valence-electron chi connectivity index (χ4n) is 2.28. The van der Waals surface area contributed by atoms with Crippen molar-refractivity contribution in [2.24, 2.45) is 5.73 Å². The molecule has 1 fully saturated rings. The lowest BCUT2D eigenvalue weighted by molar-refractivity contribution is 0.173. The molecule has 3 rings (SSSR count). The number of hydrogen-bond acceptors (Lipinski definition) is 3. The van der Waals surface area contributed by atoms with E-state index in [-0.39, 0.29) is 5.41 Å². The SMILES string of the molecule is Cc1cc2c(c(C3(CN)CC3)c1)OCO2. The molecule has 1 aliphatic carbocycles. The van der Waals surface area contributed by atoms with E-state index in [2.05, 4.69) is 13.0 Å². The van der Waals surface area contributed by atoms with Gasteiger partial charge in [0.1, 0.15) is 0 Å². The zero-order valence-electron chi connectivity index (χ0n) is 8.88. The maximum atomic E-state index is 5.85. The Labute approximate surface area is 89.2 Å². The normalized spacial score (nSPS) is 20.4. The molecule has 0 saturated heterocycles. The third kappa shape index (κ3) is 1.23. The molecule has 2 N–H and O–H groups in total. The average molecular weight is 205 g/mol. The summed E-state index contributed by atoms with van der Waals surface area (Å²) in [6.45, 7) is 3.12. The Kier molecular flexibility index (Phi) is 1.74. The predicted octanol–water partition coefficient (Wildman–Crippen LogP) is 1.71. The van der Waals surface area contributed by atoms with Crippen LogP contribution in [-0.4, -0.2) is 13.3 Å². The van der Waals surface area contributed by atoms with Crippen LogP contribution in [-0.2, 0) is 5.41 Å². The van der Waals surface area contributed by atoms with Crippen molar-refractivity contribution in [3.63, 3.8) is 0 Å². The largest absolute Gasteiger partial charge is 0.454 e. The molecular formula is C12H15NO2. The minimum atomic E-state index is 0.170. The lowest BCUT2D eigenvalue weighted by atomic mass is 9.93. The van der Waals surface area contributed by atoms with E-state index in [1.165, 1.54) is 24.0 Å². The number of rotatable bonds is 2. The third-order valence-electron chi connectivity index (χ3n) is 3.43. The molecule has 1 aromatic rings. The second-order valence-electron chi connectivity index (χ2n) is 4.53. The number of aryl methyl sites for hydroxylation is 1. The van der Waals surface area contributed by atoms with Crippen LogP contribution in [0.3, 0.4) is 0 Å². The molecule has 0 amide bonds. The highest BCUT2D eigenvalue weighted by Gasteiger charge is 2.46. The maximum absolute atomic E-state index is 5.85. The van der Waals surface area contributed by atoms with Crippen LogP contribution in [0.5, 0.6) is 11.5 Å². The van der Waals surface area contributed by atoms with Gasteiger partial charge in [-0.1, -0.05) is 6.07 Å². The monoisotopic (exact) mass is 205 g/mol. The first-order chi connectivity index (χ1) is 7.25. The van der Waals surface area contributed by atoms with Crippen LogP contribution in [0.4, 0.5) is 0 Å². The Bertz CT molecular complexity index is 410. The van der Waals surface area contributed by atoms with Gasteiger partial charge in [0.15, 0.2) is 11.5 Å². The highest BCUT2D eigenvalue weighted by atomic mass is 16.7. The highest BCUT2D eigenvalue weighted by molar-refractivity contribution is 5.55. The summed E-state index contributed by atoms with van der Waals surface area (Å²) in [5, 5.41) is 0. The Hall–Kier alpha value is -1.22. The van der Waals surface area contributed by atoms with Crippen LogP contribution >= 0.6 is 0 Å². The lowest BCUT2D eigenvalue weighted by Crippen LogP contribution is -2.20. The zero-order valence-corrected chi connectivity index (χ0v) is 8.88. The summed E-state index contributed by atoms with van der Waals surface area (Å²) >= 11 is 0. The van der Waals surface area contributed by atoms with Crippen molar-refractivity contribution >= 4 is 0 Å². The summed E-state index contributed by atoms with van der Waals surface area (Å²) in [7, 11) is 0. The van der Waals surface area contributed by atoms with Crippen molar-refractivity contribution in [2.75, 3.05) is 13.3 Å². The topological polar surface area (TPSA) is 44.5 Å². The Balaban J connectivity index is 2.15. The summed E-state index contributed by atoms with van der Waals surface area (Å²) in [6.07, 6.45) is 2.34. The van der Waals surface area contributed by atoms with Crippen molar-refractivity contribution < 1.29 is 9.47 Å². The molecular weight excluding hydrogens is 190 g/mol. The number of nitrogens with two attached hydrogens (primary N) is 1. The Morgan fingerprint density at radius 1 is 1.33 bits per heavy atom. The first-order valence-electron chi connectivity index (χ1n) is 5.36. The average Bonchev–Trinajstić information content (AvgIpc) is 2.90. The number of fused-ring (bicyclic) bond motifs is 1. The minimum absolute atomic E-state index is 0.170. The second kappa shape index (κ2) is 2.89. The van der Waals surface area contributed by atoms with Gasteiger partial charge in [0.25, 0.3) is 0 Å². The van der Waals surface area contributed by atoms with Gasteiger partial charge in [0.2, 0.25) is 6.79 Å². The van der Waals surface area contributed by atoms with Gasteiger partial charge in [-0.05, 0) is 31.4 Å². The molecule has 80 valence electrons. The van der Waals surface area contributed by atoms with Gasteiger partial charge >= 0.3 is 0 Å². The molecule has 3 heteroatoms. The van der Waals surface area contributed by atoms with Crippen LogP contribution in [0.15, 0.2) is 12.1 Å². The fourth-order valence-corrected chi connectivity index (χ4v) is 2.28. The summed E-state index contributed by atoms with van der Waals surface area (Å²) in [5.41, 5.74) is 8.48. The van der Waals surface area contributed by atoms with Crippen molar-refractivity contribution in [1.29, 1.82) is 0 Å². The number of benzene rings is 1. The number of hydrogen-bond donors (Lipinski definition) is 1. The molecule has 1 saturated carbocycles. The van der Waals surface area contributed by atoms with Crippen LogP contribution < -0.4 is 15.2 Å². The molecule has 0 unspecified atom stereocenters. The summed E-state index contributed by atoms with van der Waals surface area (Å²) in [4.78, 5) is 0. The van der Waals surface area contributed by atoms with E-state index in [0.717, 1.165) is 11.5 Å². The molecule has 2 aliphatic rings. The standard InChI is InChI=1S/C12H15NO2/c1-8-4-9(12(6-13)2-3-12)11-10(5-8)14-7-15-11/h4-5H,2-3,6-7,13H2,1H3. The Morgan fingerprint density at radius 3 is 2.80 bits per heavy atom. The molecule has 0 spiro atoms. The molecule has 1 heterocycles. The maximum Gasteiger partial charge on any atom is 0.231 e. The third-order valence-corrected chi connectivity index (χ3v) is 3.43. The lowest BCUT2D eigenvalue weighted by Gasteiger charge is -2.16. The molecule has 0 radical (unpaired) electrons. The van der Waals surface area contributed by atoms with Crippen LogP contribution in [0.25, 0.3) is 0 Å². The van der Waals surface area contributed by atoms with Gasteiger partial charge in [-0.15, -0.1) is 0 Å². The predicted molar refractivity (Wildman–Crippen MR) is 57.3 cm³/mol. The minimum Gasteiger partial charge on any atom is -0.454 e. The van der Waals surface area contributed by atoms with Crippen molar-refractivity contribution in [1.82, 2.24) is 0 Å². The van der Waals surface area contributed by atoms with Crippen molar-refractivity contribution in [3.05, 3.63) is 23.3 Å². The van der Waals surface area contributed by atoms with Crippen molar-refractivity contribution in [3.8, 4) is 11.5 Å². The van der Waals surface area contributed by atoms with E-state index in [9.17, 15) is 0 Å². The molecule has 1 aromatic carbocycles. The van der Waals surface area contributed by atoms with E-state index < -0.39 is 0 Å². The van der Waals surface area contributed by atoms with Gasteiger partial charge in [-0.2, -0.15) is 0 Å². The quantitative estimate of drug-likeness (QED) is 0.799. The van der Waals surface area contributed by atoms with Gasteiger partial charge < -0.3 is 15.2 Å². The van der Waals surface area contributed by atoms with Crippen LogP contribution in [0, 0.1) is 6.92 Å². The van der Waals surface area contributed by atoms with E-state index in [1.807, 2.05) is 6.07 Å². The number of ether oxygens (including phenoxy) is 2. The molecule has 0 bridgehead atoms.